The maximum Gasteiger partial charge on any atom is 0.161 e. The Balaban J connectivity index is 1.68. The summed E-state index contributed by atoms with van der Waals surface area (Å²) < 4.78 is 11.7. The maximum atomic E-state index is 10.0. The van der Waals surface area contributed by atoms with Crippen LogP contribution < -0.4 is 9.47 Å². The SMILES string of the molecule is COc1ccc(C2(C#N)CCc3[nH]ncc3C2)cc1OC1CCCC1. The van der Waals surface area contributed by atoms with Gasteiger partial charge in [-0.15, -0.1) is 0 Å². The fourth-order valence-corrected chi connectivity index (χ4v) is 4.12. The van der Waals surface area contributed by atoms with Gasteiger partial charge in [-0.05, 0) is 68.2 Å². The van der Waals surface area contributed by atoms with Crippen LogP contribution in [0.5, 0.6) is 11.5 Å². The van der Waals surface area contributed by atoms with E-state index < -0.39 is 5.41 Å². The van der Waals surface area contributed by atoms with Crippen molar-refractivity contribution in [1.29, 1.82) is 5.26 Å². The summed E-state index contributed by atoms with van der Waals surface area (Å²) in [6, 6.07) is 8.55. The third kappa shape index (κ3) is 2.86. The van der Waals surface area contributed by atoms with Crippen LogP contribution in [-0.4, -0.2) is 23.4 Å². The zero-order valence-electron chi connectivity index (χ0n) is 14.5. The number of rotatable bonds is 4. The zero-order chi connectivity index (χ0) is 17.3. The third-order valence-corrected chi connectivity index (χ3v) is 5.63. The number of nitriles is 1. The van der Waals surface area contributed by atoms with Crippen molar-refractivity contribution in [2.45, 2.75) is 56.5 Å². The molecule has 4 rings (SSSR count). The smallest absolute Gasteiger partial charge is 0.161 e. The van der Waals surface area contributed by atoms with Crippen LogP contribution in [0, 0.1) is 11.3 Å². The molecule has 1 aromatic carbocycles. The molecule has 0 spiro atoms. The van der Waals surface area contributed by atoms with Crippen LogP contribution in [0.15, 0.2) is 24.4 Å². The molecule has 2 aromatic rings. The van der Waals surface area contributed by atoms with Crippen molar-refractivity contribution >= 4 is 0 Å². The fourth-order valence-electron chi connectivity index (χ4n) is 4.12. The third-order valence-electron chi connectivity index (χ3n) is 5.63. The highest BCUT2D eigenvalue weighted by Crippen LogP contribution is 2.41. The van der Waals surface area contributed by atoms with Gasteiger partial charge in [-0.2, -0.15) is 10.4 Å². The average Bonchev–Trinajstić information content (AvgIpc) is 3.32. The Kier molecular flexibility index (Phi) is 4.12. The summed E-state index contributed by atoms with van der Waals surface area (Å²) in [6.07, 6.45) is 9.04. The van der Waals surface area contributed by atoms with Gasteiger partial charge in [0.15, 0.2) is 11.5 Å². The van der Waals surface area contributed by atoms with Crippen LogP contribution in [0.4, 0.5) is 0 Å². The molecule has 0 amide bonds. The van der Waals surface area contributed by atoms with Gasteiger partial charge in [0.1, 0.15) is 0 Å². The normalized spacial score (nSPS) is 23.0. The van der Waals surface area contributed by atoms with E-state index in [0.29, 0.717) is 6.42 Å². The van der Waals surface area contributed by atoms with E-state index in [4.69, 9.17) is 9.47 Å². The predicted molar refractivity (Wildman–Crippen MR) is 93.8 cm³/mol. The minimum atomic E-state index is -0.531. The summed E-state index contributed by atoms with van der Waals surface area (Å²) in [5, 5.41) is 17.2. The fraction of sp³-hybridized carbons (Fsp3) is 0.500. The summed E-state index contributed by atoms with van der Waals surface area (Å²) in [5.74, 6) is 1.50. The number of hydrogen-bond donors (Lipinski definition) is 1. The highest BCUT2D eigenvalue weighted by Gasteiger charge is 2.38. The lowest BCUT2D eigenvalue weighted by Crippen LogP contribution is -2.31. The maximum absolute atomic E-state index is 10.0. The number of aryl methyl sites for hydroxylation is 1. The molecule has 2 aliphatic rings. The van der Waals surface area contributed by atoms with Crippen molar-refractivity contribution in [2.24, 2.45) is 0 Å². The number of benzene rings is 1. The molecule has 5 nitrogen and oxygen atoms in total. The number of fused-ring (bicyclic) bond motifs is 1. The van der Waals surface area contributed by atoms with Crippen molar-refractivity contribution in [3.05, 3.63) is 41.2 Å². The van der Waals surface area contributed by atoms with Crippen molar-refractivity contribution in [1.82, 2.24) is 10.2 Å². The molecule has 0 aliphatic heterocycles. The predicted octanol–water partition coefficient (Wildman–Crippen LogP) is 3.69. The minimum absolute atomic E-state index is 0.258. The molecule has 1 heterocycles. The Labute approximate surface area is 148 Å². The van der Waals surface area contributed by atoms with Crippen LogP contribution in [0.2, 0.25) is 0 Å². The summed E-state index contributed by atoms with van der Waals surface area (Å²) >= 11 is 0. The van der Waals surface area contributed by atoms with Crippen LogP contribution in [0.3, 0.4) is 0 Å². The Bertz CT molecular complexity index is 802. The van der Waals surface area contributed by atoms with E-state index in [0.717, 1.165) is 54.0 Å². The van der Waals surface area contributed by atoms with E-state index in [2.05, 4.69) is 16.3 Å². The highest BCUT2D eigenvalue weighted by atomic mass is 16.5. The molecule has 1 unspecified atom stereocenters. The summed E-state index contributed by atoms with van der Waals surface area (Å²) in [7, 11) is 1.66. The lowest BCUT2D eigenvalue weighted by Gasteiger charge is -2.31. The van der Waals surface area contributed by atoms with Gasteiger partial charge in [-0.1, -0.05) is 6.07 Å². The first-order valence-electron chi connectivity index (χ1n) is 9.02. The van der Waals surface area contributed by atoms with Crippen molar-refractivity contribution in [3.63, 3.8) is 0 Å². The molecular formula is C20H23N3O2. The topological polar surface area (TPSA) is 70.9 Å². The molecule has 1 N–H and O–H groups in total. The molecule has 2 aliphatic carbocycles. The van der Waals surface area contributed by atoms with E-state index in [1.165, 1.54) is 12.8 Å². The van der Waals surface area contributed by atoms with E-state index >= 15 is 0 Å². The molecule has 1 saturated carbocycles. The minimum Gasteiger partial charge on any atom is -0.493 e. The lowest BCUT2D eigenvalue weighted by atomic mass is 9.70. The first kappa shape index (κ1) is 16.0. The van der Waals surface area contributed by atoms with Crippen LogP contribution >= 0.6 is 0 Å². The lowest BCUT2D eigenvalue weighted by molar-refractivity contribution is 0.200. The van der Waals surface area contributed by atoms with Gasteiger partial charge in [-0.3, -0.25) is 5.10 Å². The second kappa shape index (κ2) is 6.44. The quantitative estimate of drug-likeness (QED) is 0.923. The molecule has 25 heavy (non-hydrogen) atoms. The largest absolute Gasteiger partial charge is 0.493 e. The molecule has 1 atom stereocenters. The van der Waals surface area contributed by atoms with Gasteiger partial charge in [0.05, 0.1) is 30.9 Å². The van der Waals surface area contributed by atoms with E-state index in [-0.39, 0.29) is 6.10 Å². The zero-order valence-corrected chi connectivity index (χ0v) is 14.5. The Morgan fingerprint density at radius 3 is 2.88 bits per heavy atom. The van der Waals surface area contributed by atoms with E-state index in [9.17, 15) is 5.26 Å². The second-order valence-corrected chi connectivity index (χ2v) is 7.13. The monoisotopic (exact) mass is 337 g/mol. The second-order valence-electron chi connectivity index (χ2n) is 7.13. The van der Waals surface area contributed by atoms with Gasteiger partial charge >= 0.3 is 0 Å². The number of H-pyrrole nitrogens is 1. The number of nitrogens with zero attached hydrogens (tertiary/aromatic N) is 2. The summed E-state index contributed by atoms with van der Waals surface area (Å²) in [4.78, 5) is 0. The Morgan fingerprint density at radius 1 is 1.28 bits per heavy atom. The van der Waals surface area contributed by atoms with Crippen molar-refractivity contribution in [3.8, 4) is 17.6 Å². The first-order chi connectivity index (χ1) is 12.2. The average molecular weight is 337 g/mol. The van der Waals surface area contributed by atoms with Crippen molar-refractivity contribution < 1.29 is 9.47 Å². The molecule has 130 valence electrons. The number of hydrogen-bond acceptors (Lipinski definition) is 4. The van der Waals surface area contributed by atoms with E-state index in [1.807, 2.05) is 24.4 Å². The number of methoxy groups -OCH3 is 1. The van der Waals surface area contributed by atoms with Gasteiger partial charge in [-0.25, -0.2) is 0 Å². The molecule has 5 heteroatoms. The molecular weight excluding hydrogens is 314 g/mol. The number of nitrogens with one attached hydrogen (secondary N) is 1. The molecule has 0 radical (unpaired) electrons. The standard InChI is InChI=1S/C20H23N3O2/c1-24-18-7-6-15(10-19(18)25-16-4-2-3-5-16)20(13-21)9-8-17-14(11-20)12-22-23-17/h6-7,10,12,16H,2-5,8-9,11H2,1H3,(H,22,23). The summed E-state index contributed by atoms with van der Waals surface area (Å²) in [6.45, 7) is 0. The van der Waals surface area contributed by atoms with Crippen molar-refractivity contribution in [2.75, 3.05) is 7.11 Å². The van der Waals surface area contributed by atoms with Gasteiger partial charge in [0.25, 0.3) is 0 Å². The van der Waals surface area contributed by atoms with E-state index in [1.54, 1.807) is 7.11 Å². The number of aromatic amines is 1. The molecule has 1 fully saturated rings. The molecule has 1 aromatic heterocycles. The molecule has 0 saturated heterocycles. The highest BCUT2D eigenvalue weighted by molar-refractivity contribution is 5.49. The summed E-state index contributed by atoms with van der Waals surface area (Å²) in [5.41, 5.74) is 2.77. The Hall–Kier alpha value is -2.48. The first-order valence-corrected chi connectivity index (χ1v) is 9.02. The van der Waals surface area contributed by atoms with Crippen LogP contribution in [0.1, 0.15) is 48.9 Å². The number of aromatic nitrogens is 2. The molecule has 0 bridgehead atoms. The number of ether oxygens (including phenoxy) is 2. The van der Waals surface area contributed by atoms with Gasteiger partial charge in [0, 0.05) is 5.69 Å². The van der Waals surface area contributed by atoms with Crippen LogP contribution in [0.25, 0.3) is 0 Å². The van der Waals surface area contributed by atoms with Crippen LogP contribution in [-0.2, 0) is 18.3 Å². The van der Waals surface area contributed by atoms with Gasteiger partial charge < -0.3 is 9.47 Å². The Morgan fingerprint density at radius 2 is 2.12 bits per heavy atom. The van der Waals surface area contributed by atoms with Gasteiger partial charge in [0.2, 0.25) is 0 Å².